The van der Waals surface area contributed by atoms with E-state index in [1.54, 1.807) is 13.3 Å². The first-order valence-electron chi connectivity index (χ1n) is 6.52. The van der Waals surface area contributed by atoms with E-state index >= 15 is 0 Å². The molecule has 1 aromatic carbocycles. The molecule has 1 fully saturated rings. The van der Waals surface area contributed by atoms with Gasteiger partial charge in [-0.1, -0.05) is 12.1 Å². The summed E-state index contributed by atoms with van der Waals surface area (Å²) in [6.07, 6.45) is 5.46. The average molecular weight is 242 g/mol. The standard InChI is InChI=1S/C15H18N2O/c1-18-15-14-10-11(9-13-3-2-7-16-13)4-5-12(14)6-8-17-15/h4-6,8,10,13,16H,2-3,7,9H2,1H3. The van der Waals surface area contributed by atoms with Gasteiger partial charge >= 0.3 is 0 Å². The molecule has 0 saturated carbocycles. The number of methoxy groups -OCH3 is 1. The fraction of sp³-hybridized carbons (Fsp3) is 0.400. The molecule has 0 amide bonds. The molecule has 3 nitrogen and oxygen atoms in total. The van der Waals surface area contributed by atoms with Crippen LogP contribution in [0.25, 0.3) is 10.8 Å². The molecular formula is C15H18N2O. The van der Waals surface area contributed by atoms with Crippen molar-refractivity contribution in [2.75, 3.05) is 13.7 Å². The van der Waals surface area contributed by atoms with Crippen LogP contribution < -0.4 is 10.1 Å². The molecule has 3 rings (SSSR count). The molecule has 1 N–H and O–H groups in total. The predicted molar refractivity (Wildman–Crippen MR) is 73.0 cm³/mol. The number of rotatable bonds is 3. The van der Waals surface area contributed by atoms with E-state index in [1.165, 1.54) is 23.8 Å². The number of ether oxygens (including phenoxy) is 1. The minimum atomic E-state index is 0.630. The Morgan fingerprint density at radius 1 is 1.39 bits per heavy atom. The zero-order valence-electron chi connectivity index (χ0n) is 10.6. The molecular weight excluding hydrogens is 224 g/mol. The molecule has 3 heteroatoms. The van der Waals surface area contributed by atoms with Crippen LogP contribution in [0.4, 0.5) is 0 Å². The van der Waals surface area contributed by atoms with Gasteiger partial charge in [0.2, 0.25) is 5.88 Å². The fourth-order valence-electron chi connectivity index (χ4n) is 2.69. The van der Waals surface area contributed by atoms with Crippen LogP contribution in [0.2, 0.25) is 0 Å². The molecule has 1 unspecified atom stereocenters. The Bertz CT molecular complexity index is 547. The lowest BCUT2D eigenvalue weighted by Crippen LogP contribution is -2.23. The van der Waals surface area contributed by atoms with Gasteiger partial charge in [0.15, 0.2) is 0 Å². The Balaban J connectivity index is 1.93. The second-order valence-electron chi connectivity index (χ2n) is 4.87. The quantitative estimate of drug-likeness (QED) is 0.898. The molecule has 2 aromatic rings. The number of fused-ring (bicyclic) bond motifs is 1. The minimum Gasteiger partial charge on any atom is -0.481 e. The Labute approximate surface area is 107 Å². The van der Waals surface area contributed by atoms with Crippen molar-refractivity contribution in [2.45, 2.75) is 25.3 Å². The van der Waals surface area contributed by atoms with Crippen LogP contribution in [0.3, 0.4) is 0 Å². The number of hydrogen-bond donors (Lipinski definition) is 1. The van der Waals surface area contributed by atoms with E-state index in [9.17, 15) is 0 Å². The van der Waals surface area contributed by atoms with Crippen molar-refractivity contribution < 1.29 is 4.74 Å². The van der Waals surface area contributed by atoms with E-state index in [2.05, 4.69) is 28.5 Å². The van der Waals surface area contributed by atoms with Gasteiger partial charge in [-0.25, -0.2) is 4.98 Å². The van der Waals surface area contributed by atoms with Crippen molar-refractivity contribution >= 4 is 10.8 Å². The Kier molecular flexibility index (Phi) is 3.15. The number of benzene rings is 1. The zero-order chi connectivity index (χ0) is 12.4. The molecule has 2 heterocycles. The molecule has 0 aliphatic carbocycles. The maximum atomic E-state index is 5.33. The summed E-state index contributed by atoms with van der Waals surface area (Å²) in [5, 5.41) is 5.83. The minimum absolute atomic E-state index is 0.630. The Morgan fingerprint density at radius 3 is 3.11 bits per heavy atom. The fourth-order valence-corrected chi connectivity index (χ4v) is 2.69. The summed E-state index contributed by atoms with van der Waals surface area (Å²) in [5.74, 6) is 0.716. The van der Waals surface area contributed by atoms with Crippen LogP contribution in [0.15, 0.2) is 30.5 Å². The second kappa shape index (κ2) is 4.94. The van der Waals surface area contributed by atoms with Crippen LogP contribution in [-0.4, -0.2) is 24.7 Å². The van der Waals surface area contributed by atoms with Crippen LogP contribution >= 0.6 is 0 Å². The molecule has 1 saturated heterocycles. The summed E-state index contributed by atoms with van der Waals surface area (Å²) in [6.45, 7) is 1.16. The second-order valence-corrected chi connectivity index (χ2v) is 4.87. The van der Waals surface area contributed by atoms with Gasteiger partial charge in [-0.15, -0.1) is 0 Å². The monoisotopic (exact) mass is 242 g/mol. The van der Waals surface area contributed by atoms with Crippen LogP contribution in [-0.2, 0) is 6.42 Å². The molecule has 1 atom stereocenters. The van der Waals surface area contributed by atoms with Crippen molar-refractivity contribution in [2.24, 2.45) is 0 Å². The number of nitrogens with zero attached hydrogens (tertiary/aromatic N) is 1. The van der Waals surface area contributed by atoms with E-state index in [4.69, 9.17) is 4.74 Å². The lowest BCUT2D eigenvalue weighted by atomic mass is 10.0. The van der Waals surface area contributed by atoms with Gasteiger partial charge in [0.25, 0.3) is 0 Å². The average Bonchev–Trinajstić information content (AvgIpc) is 2.91. The zero-order valence-corrected chi connectivity index (χ0v) is 10.6. The number of nitrogens with one attached hydrogen (secondary N) is 1. The van der Waals surface area contributed by atoms with Crippen LogP contribution in [0.1, 0.15) is 18.4 Å². The third-order valence-electron chi connectivity index (χ3n) is 3.63. The smallest absolute Gasteiger partial charge is 0.221 e. The predicted octanol–water partition coefficient (Wildman–Crippen LogP) is 2.54. The maximum absolute atomic E-state index is 5.33. The van der Waals surface area contributed by atoms with Gasteiger partial charge in [-0.2, -0.15) is 0 Å². The molecule has 1 aliphatic heterocycles. The van der Waals surface area contributed by atoms with Crippen LogP contribution in [0.5, 0.6) is 5.88 Å². The Morgan fingerprint density at radius 2 is 2.33 bits per heavy atom. The third kappa shape index (κ3) is 2.18. The van der Waals surface area contributed by atoms with Crippen molar-refractivity contribution in [1.29, 1.82) is 0 Å². The molecule has 1 aromatic heterocycles. The number of pyridine rings is 1. The summed E-state index contributed by atoms with van der Waals surface area (Å²) >= 11 is 0. The first-order chi connectivity index (χ1) is 8.86. The summed E-state index contributed by atoms with van der Waals surface area (Å²) in [4.78, 5) is 4.26. The normalized spacial score (nSPS) is 19.3. The first kappa shape index (κ1) is 11.5. The van der Waals surface area contributed by atoms with E-state index in [1.807, 2.05) is 6.07 Å². The topological polar surface area (TPSA) is 34.1 Å². The summed E-state index contributed by atoms with van der Waals surface area (Å²) in [5.41, 5.74) is 1.35. The van der Waals surface area contributed by atoms with Gasteiger partial charge in [0.1, 0.15) is 0 Å². The van der Waals surface area contributed by atoms with Gasteiger partial charge in [0, 0.05) is 17.6 Å². The molecule has 0 spiro atoms. The molecule has 18 heavy (non-hydrogen) atoms. The summed E-state index contributed by atoms with van der Waals surface area (Å²) < 4.78 is 5.33. The maximum Gasteiger partial charge on any atom is 0.221 e. The van der Waals surface area contributed by atoms with Crippen molar-refractivity contribution in [3.8, 4) is 5.88 Å². The van der Waals surface area contributed by atoms with Crippen molar-refractivity contribution in [3.05, 3.63) is 36.0 Å². The number of hydrogen-bond acceptors (Lipinski definition) is 3. The van der Waals surface area contributed by atoms with E-state index < -0.39 is 0 Å². The highest BCUT2D eigenvalue weighted by molar-refractivity contribution is 5.87. The summed E-state index contributed by atoms with van der Waals surface area (Å²) in [7, 11) is 1.67. The van der Waals surface area contributed by atoms with E-state index in [0.29, 0.717) is 11.9 Å². The molecule has 94 valence electrons. The Hall–Kier alpha value is -1.61. The van der Waals surface area contributed by atoms with E-state index in [-0.39, 0.29) is 0 Å². The highest BCUT2D eigenvalue weighted by atomic mass is 16.5. The lowest BCUT2D eigenvalue weighted by molar-refractivity contribution is 0.403. The molecule has 0 bridgehead atoms. The van der Waals surface area contributed by atoms with Gasteiger partial charge in [-0.05, 0) is 48.9 Å². The van der Waals surface area contributed by atoms with Gasteiger partial charge in [0.05, 0.1) is 7.11 Å². The van der Waals surface area contributed by atoms with Gasteiger partial charge in [-0.3, -0.25) is 0 Å². The highest BCUT2D eigenvalue weighted by Gasteiger charge is 2.14. The highest BCUT2D eigenvalue weighted by Crippen LogP contribution is 2.25. The van der Waals surface area contributed by atoms with Gasteiger partial charge < -0.3 is 10.1 Å². The molecule has 1 aliphatic rings. The number of aromatic nitrogens is 1. The van der Waals surface area contributed by atoms with Crippen LogP contribution in [0, 0.1) is 0 Å². The molecule has 0 radical (unpaired) electrons. The van der Waals surface area contributed by atoms with E-state index in [0.717, 1.165) is 18.4 Å². The lowest BCUT2D eigenvalue weighted by Gasteiger charge is -2.11. The van der Waals surface area contributed by atoms with Crippen molar-refractivity contribution in [3.63, 3.8) is 0 Å². The largest absolute Gasteiger partial charge is 0.481 e. The third-order valence-corrected chi connectivity index (χ3v) is 3.63. The first-order valence-corrected chi connectivity index (χ1v) is 6.52. The SMILES string of the molecule is COc1nccc2ccc(CC3CCCN3)cc12. The summed E-state index contributed by atoms with van der Waals surface area (Å²) in [6, 6.07) is 9.23. The van der Waals surface area contributed by atoms with Crippen molar-refractivity contribution in [1.82, 2.24) is 10.3 Å².